The molecule has 1 aromatic heterocycles. The van der Waals surface area contributed by atoms with Gasteiger partial charge in [-0.1, -0.05) is 19.8 Å². The Hall–Kier alpha value is -0.800. The molecule has 1 aliphatic heterocycles. The zero-order valence-electron chi connectivity index (χ0n) is 12.4. The quantitative estimate of drug-likeness (QED) is 0.885. The average molecular weight is 264 g/mol. The standard InChI is InChI=1S/C16H28N2O/c1-3-5-14-6-4-10-18(11-9-14)15(12-17)16-8-7-13(2)19-16/h7-8,14-15H,3-6,9-12,17H2,1-2H3. The third-order valence-electron chi connectivity index (χ3n) is 4.33. The summed E-state index contributed by atoms with van der Waals surface area (Å²) in [5, 5.41) is 0. The molecule has 1 aromatic rings. The van der Waals surface area contributed by atoms with E-state index in [-0.39, 0.29) is 6.04 Å². The predicted octanol–water partition coefficient (Wildman–Crippen LogP) is 3.49. The minimum atomic E-state index is 0.258. The van der Waals surface area contributed by atoms with Crippen LogP contribution in [0.5, 0.6) is 0 Å². The Morgan fingerprint density at radius 3 is 2.84 bits per heavy atom. The van der Waals surface area contributed by atoms with Gasteiger partial charge >= 0.3 is 0 Å². The molecular weight excluding hydrogens is 236 g/mol. The third kappa shape index (κ3) is 3.83. The van der Waals surface area contributed by atoms with E-state index in [9.17, 15) is 0 Å². The molecule has 2 heterocycles. The summed E-state index contributed by atoms with van der Waals surface area (Å²) in [6.45, 7) is 7.24. The molecule has 2 unspecified atom stereocenters. The number of nitrogens with two attached hydrogens (primary N) is 1. The highest BCUT2D eigenvalue weighted by atomic mass is 16.3. The highest BCUT2D eigenvalue weighted by Gasteiger charge is 2.25. The van der Waals surface area contributed by atoms with Crippen LogP contribution in [0, 0.1) is 12.8 Å². The van der Waals surface area contributed by atoms with E-state index in [1.165, 1.54) is 32.1 Å². The summed E-state index contributed by atoms with van der Waals surface area (Å²) in [5.74, 6) is 2.92. The van der Waals surface area contributed by atoms with Gasteiger partial charge in [0.15, 0.2) is 0 Å². The molecule has 3 heteroatoms. The van der Waals surface area contributed by atoms with Crippen molar-refractivity contribution in [3.8, 4) is 0 Å². The molecule has 1 aliphatic rings. The van der Waals surface area contributed by atoms with E-state index in [2.05, 4.69) is 17.9 Å². The van der Waals surface area contributed by atoms with E-state index in [0.717, 1.165) is 30.5 Å². The van der Waals surface area contributed by atoms with Crippen LogP contribution in [0.3, 0.4) is 0 Å². The molecule has 0 saturated carbocycles. The van der Waals surface area contributed by atoms with Crippen LogP contribution in [0.4, 0.5) is 0 Å². The monoisotopic (exact) mass is 264 g/mol. The Balaban J connectivity index is 1.99. The molecule has 0 aliphatic carbocycles. The second-order valence-corrected chi connectivity index (χ2v) is 5.82. The lowest BCUT2D eigenvalue weighted by Gasteiger charge is -2.28. The van der Waals surface area contributed by atoms with Crippen molar-refractivity contribution in [3.05, 3.63) is 23.7 Å². The fourth-order valence-corrected chi connectivity index (χ4v) is 3.27. The fraction of sp³-hybridized carbons (Fsp3) is 0.750. The molecule has 0 bridgehead atoms. The van der Waals surface area contributed by atoms with Crippen molar-refractivity contribution in [2.75, 3.05) is 19.6 Å². The molecule has 0 aromatic carbocycles. The van der Waals surface area contributed by atoms with Gasteiger partial charge in [-0.15, -0.1) is 0 Å². The Labute approximate surface area is 117 Å². The third-order valence-corrected chi connectivity index (χ3v) is 4.33. The maximum atomic E-state index is 5.99. The minimum Gasteiger partial charge on any atom is -0.465 e. The molecule has 0 radical (unpaired) electrons. The van der Waals surface area contributed by atoms with Crippen LogP contribution in [0.1, 0.15) is 56.6 Å². The number of nitrogens with zero attached hydrogens (tertiary/aromatic N) is 1. The molecule has 1 fully saturated rings. The molecule has 1 saturated heterocycles. The first kappa shape index (κ1) is 14.6. The van der Waals surface area contributed by atoms with Crippen molar-refractivity contribution in [2.45, 2.75) is 52.0 Å². The van der Waals surface area contributed by atoms with Crippen LogP contribution in [0.25, 0.3) is 0 Å². The molecule has 2 atom stereocenters. The van der Waals surface area contributed by atoms with Gasteiger partial charge in [0.25, 0.3) is 0 Å². The molecule has 108 valence electrons. The van der Waals surface area contributed by atoms with E-state index < -0.39 is 0 Å². The van der Waals surface area contributed by atoms with Crippen molar-refractivity contribution < 1.29 is 4.42 Å². The largest absolute Gasteiger partial charge is 0.465 e. The smallest absolute Gasteiger partial charge is 0.122 e. The number of hydrogen-bond acceptors (Lipinski definition) is 3. The predicted molar refractivity (Wildman–Crippen MR) is 79.1 cm³/mol. The maximum Gasteiger partial charge on any atom is 0.122 e. The van der Waals surface area contributed by atoms with E-state index in [4.69, 9.17) is 10.2 Å². The second kappa shape index (κ2) is 7.11. The average Bonchev–Trinajstić information content (AvgIpc) is 2.69. The number of hydrogen-bond donors (Lipinski definition) is 1. The molecule has 0 spiro atoms. The fourth-order valence-electron chi connectivity index (χ4n) is 3.27. The summed E-state index contributed by atoms with van der Waals surface area (Å²) in [6, 6.07) is 4.38. The summed E-state index contributed by atoms with van der Waals surface area (Å²) in [4.78, 5) is 2.52. The second-order valence-electron chi connectivity index (χ2n) is 5.82. The summed E-state index contributed by atoms with van der Waals surface area (Å²) in [7, 11) is 0. The number of rotatable bonds is 5. The van der Waals surface area contributed by atoms with Crippen molar-refractivity contribution in [1.29, 1.82) is 0 Å². The van der Waals surface area contributed by atoms with Crippen LogP contribution < -0.4 is 5.73 Å². The topological polar surface area (TPSA) is 42.4 Å². The van der Waals surface area contributed by atoms with Crippen molar-refractivity contribution >= 4 is 0 Å². The molecule has 2 rings (SSSR count). The number of furan rings is 1. The van der Waals surface area contributed by atoms with Crippen molar-refractivity contribution in [2.24, 2.45) is 11.7 Å². The molecule has 2 N–H and O–H groups in total. The molecular formula is C16H28N2O. The van der Waals surface area contributed by atoms with Crippen LogP contribution in [0.2, 0.25) is 0 Å². The SMILES string of the molecule is CCCC1CCCN(C(CN)c2ccc(C)o2)CC1. The van der Waals surface area contributed by atoms with Gasteiger partial charge in [-0.2, -0.15) is 0 Å². The first-order valence-corrected chi connectivity index (χ1v) is 7.75. The molecule has 19 heavy (non-hydrogen) atoms. The van der Waals surface area contributed by atoms with Crippen molar-refractivity contribution in [1.82, 2.24) is 4.90 Å². The number of likely N-dealkylation sites (tertiary alicyclic amines) is 1. The lowest BCUT2D eigenvalue weighted by Crippen LogP contribution is -2.34. The lowest BCUT2D eigenvalue weighted by molar-refractivity contribution is 0.182. The van der Waals surface area contributed by atoms with Gasteiger partial charge in [0.2, 0.25) is 0 Å². The van der Waals surface area contributed by atoms with Gasteiger partial charge < -0.3 is 10.2 Å². The molecule has 3 nitrogen and oxygen atoms in total. The van der Waals surface area contributed by atoms with Gasteiger partial charge in [0.1, 0.15) is 11.5 Å². The zero-order chi connectivity index (χ0) is 13.7. The van der Waals surface area contributed by atoms with Crippen LogP contribution in [-0.2, 0) is 0 Å². The Bertz CT molecular complexity index is 375. The van der Waals surface area contributed by atoms with Gasteiger partial charge in [0.05, 0.1) is 6.04 Å². The maximum absolute atomic E-state index is 5.99. The Morgan fingerprint density at radius 1 is 1.37 bits per heavy atom. The first-order valence-electron chi connectivity index (χ1n) is 7.75. The summed E-state index contributed by atoms with van der Waals surface area (Å²) in [6.07, 6.45) is 6.66. The first-order chi connectivity index (χ1) is 9.24. The molecule has 0 amide bonds. The van der Waals surface area contributed by atoms with Crippen LogP contribution in [-0.4, -0.2) is 24.5 Å². The summed E-state index contributed by atoms with van der Waals surface area (Å²) < 4.78 is 5.78. The Kier molecular flexibility index (Phi) is 5.46. The van der Waals surface area contributed by atoms with Gasteiger partial charge in [0, 0.05) is 6.54 Å². The zero-order valence-corrected chi connectivity index (χ0v) is 12.4. The number of aryl methyl sites for hydroxylation is 1. The summed E-state index contributed by atoms with van der Waals surface area (Å²) >= 11 is 0. The van der Waals surface area contributed by atoms with E-state index in [1.54, 1.807) is 0 Å². The van der Waals surface area contributed by atoms with E-state index in [1.807, 2.05) is 13.0 Å². The van der Waals surface area contributed by atoms with E-state index in [0.29, 0.717) is 6.54 Å². The van der Waals surface area contributed by atoms with Crippen LogP contribution >= 0.6 is 0 Å². The van der Waals surface area contributed by atoms with Crippen molar-refractivity contribution in [3.63, 3.8) is 0 Å². The highest BCUT2D eigenvalue weighted by molar-refractivity contribution is 5.10. The van der Waals surface area contributed by atoms with Gasteiger partial charge in [-0.3, -0.25) is 4.90 Å². The van der Waals surface area contributed by atoms with Gasteiger partial charge in [-0.05, 0) is 57.3 Å². The lowest BCUT2D eigenvalue weighted by atomic mass is 9.96. The Morgan fingerprint density at radius 2 is 2.21 bits per heavy atom. The van der Waals surface area contributed by atoms with E-state index >= 15 is 0 Å². The normalized spacial score (nSPS) is 23.2. The highest BCUT2D eigenvalue weighted by Crippen LogP contribution is 2.28. The minimum absolute atomic E-state index is 0.258. The summed E-state index contributed by atoms with van der Waals surface area (Å²) in [5.41, 5.74) is 5.99. The van der Waals surface area contributed by atoms with Gasteiger partial charge in [-0.25, -0.2) is 0 Å². The van der Waals surface area contributed by atoms with Crippen LogP contribution in [0.15, 0.2) is 16.5 Å².